The first-order valence-electron chi connectivity index (χ1n) is 12.3. The smallest absolute Gasteiger partial charge is 0.326 e. The van der Waals surface area contributed by atoms with Gasteiger partial charge in [0, 0.05) is 6.42 Å². The fraction of sp³-hybridized carbons (Fsp3) is 0.600. The summed E-state index contributed by atoms with van der Waals surface area (Å²) in [4.78, 5) is 50.4. The van der Waals surface area contributed by atoms with Crippen LogP contribution in [0.15, 0.2) is 30.3 Å². The van der Waals surface area contributed by atoms with Crippen molar-refractivity contribution in [2.45, 2.75) is 83.1 Å². The first-order valence-corrected chi connectivity index (χ1v) is 12.3. The third-order valence-corrected chi connectivity index (χ3v) is 6.10. The van der Waals surface area contributed by atoms with Gasteiger partial charge in [0.15, 0.2) is 0 Å². The minimum absolute atomic E-state index is 0.0699. The average molecular weight is 508 g/mol. The molecule has 3 amide bonds. The van der Waals surface area contributed by atoms with Gasteiger partial charge in [0.1, 0.15) is 18.1 Å². The van der Waals surface area contributed by atoms with Gasteiger partial charge in [-0.25, -0.2) is 4.79 Å². The quantitative estimate of drug-likeness (QED) is 0.147. The maximum atomic E-state index is 13.1. The number of unbranched alkanes of at least 4 members (excludes halogenated alkanes) is 1. The molecule has 1 rings (SSSR count). The Morgan fingerprint density at radius 3 is 2.06 bits per heavy atom. The number of carboxylic acids is 1. The minimum atomic E-state index is -1.36. The highest BCUT2D eigenvalue weighted by Crippen LogP contribution is 2.09. The van der Waals surface area contributed by atoms with E-state index in [2.05, 4.69) is 16.0 Å². The normalized spacial score (nSPS) is 16.1. The molecule has 0 aliphatic rings. The zero-order valence-corrected chi connectivity index (χ0v) is 21.3. The van der Waals surface area contributed by atoms with Gasteiger partial charge < -0.3 is 37.6 Å². The van der Waals surface area contributed by atoms with E-state index in [-0.39, 0.29) is 18.8 Å². The van der Waals surface area contributed by atoms with Crippen LogP contribution in [0.2, 0.25) is 0 Å². The van der Waals surface area contributed by atoms with Crippen molar-refractivity contribution in [3.8, 4) is 0 Å². The SMILES string of the molecule is CCC(C)C(N)C(=O)NC(C(=O)NC(Cc1ccccc1)C(=O)NC(CCCCN)C(=O)O)C(C)O. The predicted molar refractivity (Wildman–Crippen MR) is 136 cm³/mol. The first kappa shape index (κ1) is 31.0. The van der Waals surface area contributed by atoms with Crippen LogP contribution in [0.1, 0.15) is 52.0 Å². The maximum Gasteiger partial charge on any atom is 0.326 e. The molecule has 1 aromatic carbocycles. The standard InChI is InChI=1S/C25H41N5O6/c1-4-15(2)20(27)23(33)30-21(16(3)31)24(34)29-19(14-17-10-6-5-7-11-17)22(32)28-18(25(35)36)12-8-9-13-26/h5-7,10-11,15-16,18-21,31H,4,8-9,12-14,26-27H2,1-3H3,(H,28,32)(H,29,34)(H,30,33)(H,35,36). The number of aliphatic hydroxyl groups excluding tert-OH is 1. The molecule has 9 N–H and O–H groups in total. The van der Waals surface area contributed by atoms with E-state index in [0.29, 0.717) is 25.8 Å². The van der Waals surface area contributed by atoms with Gasteiger partial charge in [0.25, 0.3) is 0 Å². The lowest BCUT2D eigenvalue weighted by molar-refractivity contribution is -0.142. The highest BCUT2D eigenvalue weighted by atomic mass is 16.4. The van der Waals surface area contributed by atoms with Crippen LogP contribution in [0.5, 0.6) is 0 Å². The number of carbonyl (C=O) groups excluding carboxylic acids is 3. The number of aliphatic hydroxyl groups is 1. The van der Waals surface area contributed by atoms with Gasteiger partial charge >= 0.3 is 5.97 Å². The third kappa shape index (κ3) is 10.3. The molecule has 11 nitrogen and oxygen atoms in total. The molecule has 1 aromatic rings. The van der Waals surface area contributed by atoms with Crippen LogP contribution in [0.4, 0.5) is 0 Å². The van der Waals surface area contributed by atoms with Gasteiger partial charge in [-0.15, -0.1) is 0 Å². The zero-order chi connectivity index (χ0) is 27.3. The number of nitrogens with two attached hydrogens (primary N) is 2. The fourth-order valence-electron chi connectivity index (χ4n) is 3.51. The molecule has 0 fully saturated rings. The van der Waals surface area contributed by atoms with E-state index in [1.165, 1.54) is 6.92 Å². The molecule has 0 aromatic heterocycles. The minimum Gasteiger partial charge on any atom is -0.480 e. The summed E-state index contributed by atoms with van der Waals surface area (Å²) in [6.07, 6.45) is 0.746. The summed E-state index contributed by atoms with van der Waals surface area (Å²) in [5.41, 5.74) is 12.1. The Kier molecular flexibility index (Phi) is 13.7. The van der Waals surface area contributed by atoms with Crippen LogP contribution < -0.4 is 27.4 Å². The van der Waals surface area contributed by atoms with Gasteiger partial charge in [-0.05, 0) is 44.2 Å². The lowest BCUT2D eigenvalue weighted by Crippen LogP contribution is -2.60. The summed E-state index contributed by atoms with van der Waals surface area (Å²) in [6, 6.07) is 4.33. The second-order valence-corrected chi connectivity index (χ2v) is 9.07. The number of hydrogen-bond donors (Lipinski definition) is 7. The summed E-state index contributed by atoms with van der Waals surface area (Å²) in [6.45, 7) is 5.42. The fourth-order valence-corrected chi connectivity index (χ4v) is 3.51. The maximum absolute atomic E-state index is 13.1. The van der Waals surface area contributed by atoms with Gasteiger partial charge in [-0.2, -0.15) is 0 Å². The highest BCUT2D eigenvalue weighted by Gasteiger charge is 2.33. The van der Waals surface area contributed by atoms with Gasteiger partial charge in [-0.1, -0.05) is 50.6 Å². The largest absolute Gasteiger partial charge is 0.480 e. The van der Waals surface area contributed by atoms with Crippen molar-refractivity contribution in [3.63, 3.8) is 0 Å². The summed E-state index contributed by atoms with van der Waals surface area (Å²) < 4.78 is 0. The molecule has 0 spiro atoms. The number of aliphatic carboxylic acids is 1. The van der Waals surface area contributed by atoms with Crippen molar-refractivity contribution < 1.29 is 29.4 Å². The molecule has 11 heteroatoms. The molecule has 6 atom stereocenters. The third-order valence-electron chi connectivity index (χ3n) is 6.10. The lowest BCUT2D eigenvalue weighted by Gasteiger charge is -2.27. The van der Waals surface area contributed by atoms with Crippen molar-refractivity contribution in [3.05, 3.63) is 35.9 Å². The molecule has 0 saturated carbocycles. The van der Waals surface area contributed by atoms with Gasteiger partial charge in [-0.3, -0.25) is 14.4 Å². The van der Waals surface area contributed by atoms with Crippen LogP contribution >= 0.6 is 0 Å². The number of hydrogen-bond acceptors (Lipinski definition) is 7. The number of amides is 3. The van der Waals surface area contributed by atoms with E-state index in [4.69, 9.17) is 11.5 Å². The molecule has 0 radical (unpaired) electrons. The Morgan fingerprint density at radius 1 is 0.917 bits per heavy atom. The molecule has 0 bridgehead atoms. The molecular formula is C25H41N5O6. The van der Waals surface area contributed by atoms with Crippen LogP contribution in [-0.4, -0.2) is 70.7 Å². The topological polar surface area (TPSA) is 197 Å². The predicted octanol–water partition coefficient (Wildman–Crippen LogP) is -0.349. The Labute approximate surface area is 212 Å². The van der Waals surface area contributed by atoms with Crippen molar-refractivity contribution in [1.29, 1.82) is 0 Å². The Balaban J connectivity index is 3.07. The average Bonchev–Trinajstić information content (AvgIpc) is 2.85. The van der Waals surface area contributed by atoms with E-state index < -0.39 is 54.0 Å². The van der Waals surface area contributed by atoms with Crippen LogP contribution in [0, 0.1) is 5.92 Å². The summed E-state index contributed by atoms with van der Waals surface area (Å²) >= 11 is 0. The number of carboxylic acid groups (broad SMARTS) is 1. The summed E-state index contributed by atoms with van der Waals surface area (Å²) in [7, 11) is 0. The second-order valence-electron chi connectivity index (χ2n) is 9.07. The van der Waals surface area contributed by atoms with E-state index in [1.54, 1.807) is 37.3 Å². The zero-order valence-electron chi connectivity index (χ0n) is 21.3. The van der Waals surface area contributed by atoms with Crippen molar-refractivity contribution in [2.24, 2.45) is 17.4 Å². The van der Waals surface area contributed by atoms with Crippen LogP contribution in [0.3, 0.4) is 0 Å². The molecule has 6 unspecified atom stereocenters. The Hall–Kier alpha value is -3.02. The van der Waals surface area contributed by atoms with E-state index >= 15 is 0 Å². The Bertz CT molecular complexity index is 851. The monoisotopic (exact) mass is 507 g/mol. The van der Waals surface area contributed by atoms with Crippen molar-refractivity contribution in [2.75, 3.05) is 6.54 Å². The molecular weight excluding hydrogens is 466 g/mol. The number of carbonyl (C=O) groups is 4. The number of rotatable bonds is 16. The molecule has 0 heterocycles. The molecule has 202 valence electrons. The summed E-state index contributed by atoms with van der Waals surface area (Å²) in [5, 5.41) is 27.2. The molecule has 0 aliphatic carbocycles. The van der Waals surface area contributed by atoms with Crippen LogP contribution in [-0.2, 0) is 25.6 Å². The molecule has 0 aliphatic heterocycles. The van der Waals surface area contributed by atoms with E-state index in [9.17, 15) is 29.4 Å². The number of nitrogens with one attached hydrogen (secondary N) is 3. The van der Waals surface area contributed by atoms with E-state index in [0.717, 1.165) is 5.56 Å². The Morgan fingerprint density at radius 2 is 1.53 bits per heavy atom. The first-order chi connectivity index (χ1) is 17.0. The summed E-state index contributed by atoms with van der Waals surface area (Å²) in [5.74, 6) is -3.43. The lowest BCUT2D eigenvalue weighted by atomic mass is 9.98. The van der Waals surface area contributed by atoms with Gasteiger partial charge in [0.2, 0.25) is 17.7 Å². The van der Waals surface area contributed by atoms with E-state index in [1.807, 2.05) is 6.92 Å². The van der Waals surface area contributed by atoms with Gasteiger partial charge in [0.05, 0.1) is 12.1 Å². The van der Waals surface area contributed by atoms with Crippen molar-refractivity contribution in [1.82, 2.24) is 16.0 Å². The molecule has 36 heavy (non-hydrogen) atoms. The molecule has 0 saturated heterocycles. The van der Waals surface area contributed by atoms with Crippen molar-refractivity contribution >= 4 is 23.7 Å². The second kappa shape index (κ2) is 15.9. The highest BCUT2D eigenvalue weighted by molar-refractivity contribution is 5.94. The van der Waals surface area contributed by atoms with Crippen LogP contribution in [0.25, 0.3) is 0 Å². The number of benzene rings is 1.